The summed E-state index contributed by atoms with van der Waals surface area (Å²) in [5, 5.41) is 2.29. The molecule has 124 valence electrons. The smallest absolute Gasteiger partial charge is 0.230 e. The molecule has 2 aromatic carbocycles. The molecule has 0 aromatic heterocycles. The predicted molar refractivity (Wildman–Crippen MR) is 111 cm³/mol. The maximum atomic E-state index is 5.95. The van der Waals surface area contributed by atoms with Crippen LogP contribution in [0, 0.1) is 0 Å². The van der Waals surface area contributed by atoms with E-state index in [0.29, 0.717) is 11.1 Å². The fourth-order valence-corrected chi connectivity index (χ4v) is 3.90. The minimum absolute atomic E-state index is 0.295. The Morgan fingerprint density at radius 3 is 1.38 bits per heavy atom. The zero-order valence-corrected chi connectivity index (χ0v) is 16.8. The molecular formula is C20H24O2Si2. The lowest BCUT2D eigenvalue weighted by Crippen LogP contribution is -2.07. The average molecular weight is 353 g/mol. The summed E-state index contributed by atoms with van der Waals surface area (Å²) in [6, 6.07) is 12.3. The van der Waals surface area contributed by atoms with Crippen molar-refractivity contribution in [3.8, 4) is 11.5 Å². The fraction of sp³-hybridized carbons (Fsp3) is 0.100. The molecule has 0 fully saturated rings. The van der Waals surface area contributed by atoms with Gasteiger partial charge in [0.15, 0.2) is 0 Å². The molecule has 0 atom stereocenters. The van der Waals surface area contributed by atoms with Crippen LogP contribution in [0.2, 0.25) is 11.1 Å². The zero-order valence-electron chi connectivity index (χ0n) is 14.0. The SMILES string of the molecule is C=CC(C=C)[SiH2]Oc1ccc2cc(O[SiH2]C(C=C)C=C)ccc2c1. The van der Waals surface area contributed by atoms with Crippen molar-refractivity contribution in [2.24, 2.45) is 0 Å². The van der Waals surface area contributed by atoms with Gasteiger partial charge in [0.05, 0.1) is 0 Å². The van der Waals surface area contributed by atoms with Gasteiger partial charge >= 0.3 is 0 Å². The standard InChI is InChI=1S/C20H24O2Si2/c1-5-19(6-2)23-21-17-11-9-16-14-18(12-10-15(16)13-17)22-24-20(7-3)8-4/h5-14,19-20H,1-4,23-24H2. The van der Waals surface area contributed by atoms with Gasteiger partial charge < -0.3 is 8.85 Å². The maximum Gasteiger partial charge on any atom is 0.230 e. The van der Waals surface area contributed by atoms with Crippen LogP contribution in [0.3, 0.4) is 0 Å². The predicted octanol–water partition coefficient (Wildman–Crippen LogP) is 4.09. The molecule has 0 saturated carbocycles. The van der Waals surface area contributed by atoms with Crippen LogP contribution in [0.25, 0.3) is 10.8 Å². The van der Waals surface area contributed by atoms with Crippen molar-refractivity contribution in [2.75, 3.05) is 0 Å². The molecule has 0 aliphatic rings. The van der Waals surface area contributed by atoms with E-state index in [4.69, 9.17) is 8.85 Å². The monoisotopic (exact) mass is 352 g/mol. The molecule has 2 nitrogen and oxygen atoms in total. The third-order valence-corrected chi connectivity index (χ3v) is 6.98. The van der Waals surface area contributed by atoms with E-state index < -0.39 is 19.5 Å². The summed E-state index contributed by atoms with van der Waals surface area (Å²) in [6.07, 6.45) is 7.59. The van der Waals surface area contributed by atoms with Gasteiger partial charge in [0, 0.05) is 11.1 Å². The van der Waals surface area contributed by atoms with Crippen LogP contribution in [0.15, 0.2) is 87.0 Å². The van der Waals surface area contributed by atoms with Crippen LogP contribution >= 0.6 is 0 Å². The number of benzene rings is 2. The largest absolute Gasteiger partial charge is 0.548 e. The molecule has 0 amide bonds. The van der Waals surface area contributed by atoms with Crippen molar-refractivity contribution in [1.29, 1.82) is 0 Å². The van der Waals surface area contributed by atoms with Crippen LogP contribution in [0.4, 0.5) is 0 Å². The van der Waals surface area contributed by atoms with E-state index in [1.807, 2.05) is 36.4 Å². The second-order valence-corrected chi connectivity index (χ2v) is 8.69. The Labute approximate surface area is 149 Å². The zero-order chi connectivity index (χ0) is 17.4. The number of allylic oxidation sites excluding steroid dienone is 4. The Morgan fingerprint density at radius 1 is 0.667 bits per heavy atom. The van der Waals surface area contributed by atoms with Crippen LogP contribution < -0.4 is 8.85 Å². The van der Waals surface area contributed by atoms with Crippen molar-refractivity contribution in [1.82, 2.24) is 0 Å². The van der Waals surface area contributed by atoms with Gasteiger partial charge in [-0.2, -0.15) is 0 Å². The summed E-state index contributed by atoms with van der Waals surface area (Å²) in [6.45, 7) is 15.2. The number of hydrogen-bond donors (Lipinski definition) is 0. The summed E-state index contributed by atoms with van der Waals surface area (Å²) in [5.41, 5.74) is 0.591. The van der Waals surface area contributed by atoms with Crippen LogP contribution in [-0.2, 0) is 0 Å². The van der Waals surface area contributed by atoms with Crippen molar-refractivity contribution in [3.63, 3.8) is 0 Å². The first-order valence-electron chi connectivity index (χ1n) is 7.99. The van der Waals surface area contributed by atoms with E-state index in [1.165, 1.54) is 0 Å². The Hall–Kier alpha value is -2.31. The molecule has 24 heavy (non-hydrogen) atoms. The van der Waals surface area contributed by atoms with Gasteiger partial charge in [0.2, 0.25) is 19.5 Å². The average Bonchev–Trinajstić information content (AvgIpc) is 2.63. The summed E-state index contributed by atoms with van der Waals surface area (Å²) in [4.78, 5) is 0. The number of rotatable bonds is 10. The Bertz CT molecular complexity index is 660. The van der Waals surface area contributed by atoms with E-state index in [9.17, 15) is 0 Å². The summed E-state index contributed by atoms with van der Waals surface area (Å²) in [5.74, 6) is 1.81. The van der Waals surface area contributed by atoms with Gasteiger partial charge in [-0.1, -0.05) is 36.4 Å². The van der Waals surface area contributed by atoms with Crippen molar-refractivity contribution in [3.05, 3.63) is 87.0 Å². The molecule has 2 rings (SSSR count). The van der Waals surface area contributed by atoms with E-state index in [-0.39, 0.29) is 0 Å². The van der Waals surface area contributed by atoms with E-state index >= 15 is 0 Å². The topological polar surface area (TPSA) is 18.5 Å². The molecule has 4 heteroatoms. The van der Waals surface area contributed by atoms with Crippen LogP contribution in [0.5, 0.6) is 11.5 Å². The maximum absolute atomic E-state index is 5.95. The molecule has 0 bridgehead atoms. The normalized spacial score (nSPS) is 11.6. The molecule has 0 aliphatic heterocycles. The summed E-state index contributed by atoms with van der Waals surface area (Å²) >= 11 is 0. The molecule has 0 aliphatic carbocycles. The first-order valence-corrected chi connectivity index (χ1v) is 10.8. The van der Waals surface area contributed by atoms with Crippen molar-refractivity contribution < 1.29 is 8.85 Å². The Kier molecular flexibility index (Phi) is 6.84. The van der Waals surface area contributed by atoms with Crippen LogP contribution in [-0.4, -0.2) is 19.5 Å². The van der Waals surface area contributed by atoms with Crippen molar-refractivity contribution >= 4 is 30.3 Å². The van der Waals surface area contributed by atoms with E-state index in [1.54, 1.807) is 0 Å². The lowest BCUT2D eigenvalue weighted by atomic mass is 10.1. The molecule has 0 heterocycles. The molecule has 0 radical (unpaired) electrons. The highest BCUT2D eigenvalue weighted by atomic mass is 28.2. The van der Waals surface area contributed by atoms with Gasteiger partial charge in [-0.3, -0.25) is 0 Å². The van der Waals surface area contributed by atoms with E-state index in [0.717, 1.165) is 22.3 Å². The Balaban J connectivity index is 2.07. The van der Waals surface area contributed by atoms with Gasteiger partial charge in [-0.05, 0) is 35.0 Å². The molecular weight excluding hydrogens is 328 g/mol. The van der Waals surface area contributed by atoms with Gasteiger partial charge in [-0.15, -0.1) is 26.3 Å². The highest BCUT2D eigenvalue weighted by Gasteiger charge is 2.05. The van der Waals surface area contributed by atoms with Gasteiger partial charge in [0.25, 0.3) is 0 Å². The second kappa shape index (κ2) is 9.10. The van der Waals surface area contributed by atoms with E-state index in [2.05, 4.69) is 50.6 Å². The highest BCUT2D eigenvalue weighted by molar-refractivity contribution is 6.33. The lowest BCUT2D eigenvalue weighted by Gasteiger charge is -2.12. The minimum Gasteiger partial charge on any atom is -0.548 e. The third-order valence-electron chi connectivity index (χ3n) is 3.88. The molecule has 0 unspecified atom stereocenters. The Morgan fingerprint density at radius 2 is 1.04 bits per heavy atom. The molecule has 0 N–H and O–H groups in total. The van der Waals surface area contributed by atoms with Gasteiger partial charge in [-0.25, -0.2) is 0 Å². The van der Waals surface area contributed by atoms with Gasteiger partial charge in [0.1, 0.15) is 11.5 Å². The summed E-state index contributed by atoms with van der Waals surface area (Å²) < 4.78 is 11.9. The fourth-order valence-electron chi connectivity index (χ4n) is 2.23. The number of fused-ring (bicyclic) bond motifs is 1. The third kappa shape index (κ3) is 4.84. The summed E-state index contributed by atoms with van der Waals surface area (Å²) in [7, 11) is -1.49. The highest BCUT2D eigenvalue weighted by Crippen LogP contribution is 2.26. The second-order valence-electron chi connectivity index (χ2n) is 5.56. The first kappa shape index (κ1) is 18.0. The number of hydrogen-bond acceptors (Lipinski definition) is 2. The minimum atomic E-state index is -0.744. The molecule has 0 spiro atoms. The quantitative estimate of drug-likeness (QED) is 0.474. The first-order chi connectivity index (χ1) is 11.7. The molecule has 0 saturated heterocycles. The van der Waals surface area contributed by atoms with Crippen LogP contribution in [0.1, 0.15) is 0 Å². The molecule has 2 aromatic rings. The van der Waals surface area contributed by atoms with Crippen molar-refractivity contribution in [2.45, 2.75) is 11.1 Å². The lowest BCUT2D eigenvalue weighted by molar-refractivity contribution is 0.589.